The molecule has 2 aromatic heterocycles. The van der Waals surface area contributed by atoms with Crippen molar-refractivity contribution in [1.82, 2.24) is 30.5 Å². The van der Waals surface area contributed by atoms with Gasteiger partial charge in [0.1, 0.15) is 5.75 Å². The van der Waals surface area contributed by atoms with Gasteiger partial charge in [0.2, 0.25) is 5.82 Å². The zero-order valence-corrected chi connectivity index (χ0v) is 15.8. The van der Waals surface area contributed by atoms with Gasteiger partial charge in [0, 0.05) is 12.0 Å². The summed E-state index contributed by atoms with van der Waals surface area (Å²) in [4.78, 5) is 4.55. The molecular weight excluding hydrogens is 368 g/mol. The van der Waals surface area contributed by atoms with Crippen LogP contribution >= 0.6 is 12.4 Å². The second-order valence-corrected chi connectivity index (χ2v) is 6.79. The SMILES string of the molecule is Cc1c(-c2nc(-c3ccc4c(c3)CCO4)no2)nnn1C1CCNCC1.Cl. The molecule has 4 heterocycles. The van der Waals surface area contributed by atoms with Crippen LogP contribution in [-0.2, 0) is 6.42 Å². The quantitative estimate of drug-likeness (QED) is 0.737. The molecule has 0 spiro atoms. The molecule has 8 nitrogen and oxygen atoms in total. The second-order valence-electron chi connectivity index (χ2n) is 6.79. The minimum atomic E-state index is 0. The maximum Gasteiger partial charge on any atom is 0.280 e. The van der Waals surface area contributed by atoms with Gasteiger partial charge in [-0.3, -0.25) is 0 Å². The number of ether oxygens (including phenoxy) is 1. The Kier molecular flexibility index (Phi) is 4.84. The molecule has 0 atom stereocenters. The Balaban J connectivity index is 0.00000180. The number of halogens is 1. The van der Waals surface area contributed by atoms with E-state index < -0.39 is 0 Å². The Morgan fingerprint density at radius 2 is 2.07 bits per heavy atom. The normalized spacial score (nSPS) is 16.6. The van der Waals surface area contributed by atoms with E-state index in [1.807, 2.05) is 23.7 Å². The van der Waals surface area contributed by atoms with Crippen LogP contribution in [0.2, 0.25) is 0 Å². The fourth-order valence-electron chi connectivity index (χ4n) is 3.70. The molecule has 142 valence electrons. The summed E-state index contributed by atoms with van der Waals surface area (Å²) in [5.74, 6) is 1.91. The third-order valence-electron chi connectivity index (χ3n) is 5.16. The average Bonchev–Trinajstić information content (AvgIpc) is 3.41. The Hall–Kier alpha value is -2.45. The molecule has 1 N–H and O–H groups in total. The first-order chi connectivity index (χ1) is 12.8. The average molecular weight is 389 g/mol. The molecule has 2 aliphatic heterocycles. The van der Waals surface area contributed by atoms with Crippen LogP contribution in [0.1, 0.15) is 30.1 Å². The van der Waals surface area contributed by atoms with E-state index in [4.69, 9.17) is 9.26 Å². The van der Waals surface area contributed by atoms with Crippen molar-refractivity contribution < 1.29 is 9.26 Å². The lowest BCUT2D eigenvalue weighted by molar-refractivity contribution is 0.333. The molecule has 0 radical (unpaired) electrons. The molecule has 1 saturated heterocycles. The zero-order valence-electron chi connectivity index (χ0n) is 15.0. The van der Waals surface area contributed by atoms with Crippen molar-refractivity contribution in [2.24, 2.45) is 0 Å². The lowest BCUT2D eigenvalue weighted by Gasteiger charge is -2.23. The van der Waals surface area contributed by atoms with Crippen LogP contribution in [0.4, 0.5) is 0 Å². The summed E-state index contributed by atoms with van der Waals surface area (Å²) in [5.41, 5.74) is 3.73. The van der Waals surface area contributed by atoms with Gasteiger partial charge in [-0.05, 0) is 56.6 Å². The van der Waals surface area contributed by atoms with Crippen molar-refractivity contribution >= 4 is 12.4 Å². The van der Waals surface area contributed by atoms with E-state index in [2.05, 4.69) is 31.8 Å². The van der Waals surface area contributed by atoms with Gasteiger partial charge < -0.3 is 14.6 Å². The van der Waals surface area contributed by atoms with Crippen LogP contribution in [0.25, 0.3) is 23.0 Å². The number of aromatic nitrogens is 5. The van der Waals surface area contributed by atoms with Crippen LogP contribution < -0.4 is 10.1 Å². The van der Waals surface area contributed by atoms with Gasteiger partial charge >= 0.3 is 0 Å². The highest BCUT2D eigenvalue weighted by atomic mass is 35.5. The van der Waals surface area contributed by atoms with Gasteiger partial charge in [-0.15, -0.1) is 17.5 Å². The van der Waals surface area contributed by atoms with Gasteiger partial charge in [-0.1, -0.05) is 10.4 Å². The fraction of sp³-hybridized carbons (Fsp3) is 0.444. The highest BCUT2D eigenvalue weighted by Crippen LogP contribution is 2.31. The minimum absolute atomic E-state index is 0. The summed E-state index contributed by atoms with van der Waals surface area (Å²) >= 11 is 0. The maximum atomic E-state index is 5.55. The van der Waals surface area contributed by atoms with Crippen molar-refractivity contribution in [3.8, 4) is 28.7 Å². The van der Waals surface area contributed by atoms with E-state index in [1.54, 1.807) is 0 Å². The highest BCUT2D eigenvalue weighted by Gasteiger charge is 2.23. The lowest BCUT2D eigenvalue weighted by atomic mass is 10.1. The predicted octanol–water partition coefficient (Wildman–Crippen LogP) is 2.58. The highest BCUT2D eigenvalue weighted by molar-refractivity contribution is 5.85. The smallest absolute Gasteiger partial charge is 0.280 e. The summed E-state index contributed by atoms with van der Waals surface area (Å²) in [7, 11) is 0. The van der Waals surface area contributed by atoms with E-state index >= 15 is 0 Å². The fourth-order valence-corrected chi connectivity index (χ4v) is 3.70. The maximum absolute atomic E-state index is 5.55. The largest absolute Gasteiger partial charge is 0.493 e. The van der Waals surface area contributed by atoms with Crippen LogP contribution in [0.15, 0.2) is 22.7 Å². The Bertz CT molecular complexity index is 947. The van der Waals surface area contributed by atoms with E-state index in [9.17, 15) is 0 Å². The number of nitrogens with one attached hydrogen (secondary N) is 1. The molecule has 5 rings (SSSR count). The van der Waals surface area contributed by atoms with Crippen molar-refractivity contribution in [1.29, 1.82) is 0 Å². The summed E-state index contributed by atoms with van der Waals surface area (Å²) in [6.07, 6.45) is 3.02. The monoisotopic (exact) mass is 388 g/mol. The molecule has 0 unspecified atom stereocenters. The third-order valence-corrected chi connectivity index (χ3v) is 5.16. The second kappa shape index (κ2) is 7.28. The van der Waals surface area contributed by atoms with Crippen LogP contribution in [0, 0.1) is 6.92 Å². The first-order valence-corrected chi connectivity index (χ1v) is 9.02. The Morgan fingerprint density at radius 1 is 1.22 bits per heavy atom. The van der Waals surface area contributed by atoms with Gasteiger partial charge in [0.15, 0.2) is 5.69 Å². The molecule has 2 aliphatic rings. The van der Waals surface area contributed by atoms with Crippen molar-refractivity contribution in [2.75, 3.05) is 19.7 Å². The van der Waals surface area contributed by atoms with E-state index in [0.717, 1.165) is 56.0 Å². The standard InChI is InChI=1S/C18H20N6O2.ClH/c1-11-16(21-23-24(11)14-4-7-19-8-5-14)18-20-17(22-26-18)13-2-3-15-12(10-13)6-9-25-15;/h2-3,10,14,19H,4-9H2,1H3;1H. The molecule has 9 heteroatoms. The van der Waals surface area contributed by atoms with Crippen LogP contribution in [0.3, 0.4) is 0 Å². The Morgan fingerprint density at radius 3 is 2.93 bits per heavy atom. The van der Waals surface area contributed by atoms with E-state index in [-0.39, 0.29) is 12.4 Å². The zero-order chi connectivity index (χ0) is 17.5. The molecular formula is C18H21ClN6O2. The number of hydrogen-bond acceptors (Lipinski definition) is 7. The molecule has 0 saturated carbocycles. The van der Waals surface area contributed by atoms with Crippen LogP contribution in [-0.4, -0.2) is 44.8 Å². The molecule has 0 amide bonds. The van der Waals surface area contributed by atoms with Gasteiger partial charge in [0.25, 0.3) is 5.89 Å². The number of rotatable bonds is 3. The van der Waals surface area contributed by atoms with Crippen LogP contribution in [0.5, 0.6) is 5.75 Å². The summed E-state index contributed by atoms with van der Waals surface area (Å²) in [5, 5.41) is 16.1. The van der Waals surface area contributed by atoms with Crippen molar-refractivity contribution in [2.45, 2.75) is 32.2 Å². The third kappa shape index (κ3) is 3.19. The molecule has 1 aromatic carbocycles. The van der Waals surface area contributed by atoms with Gasteiger partial charge in [0.05, 0.1) is 18.3 Å². The first-order valence-electron chi connectivity index (χ1n) is 9.02. The summed E-state index contributed by atoms with van der Waals surface area (Å²) in [6, 6.07) is 6.36. The number of hydrogen-bond donors (Lipinski definition) is 1. The Labute approximate surface area is 162 Å². The minimum Gasteiger partial charge on any atom is -0.493 e. The number of benzene rings is 1. The molecule has 0 aliphatic carbocycles. The number of fused-ring (bicyclic) bond motifs is 1. The molecule has 3 aromatic rings. The number of piperidine rings is 1. The van der Waals surface area contributed by atoms with Crippen molar-refractivity contribution in [3.63, 3.8) is 0 Å². The molecule has 27 heavy (non-hydrogen) atoms. The van der Waals surface area contributed by atoms with E-state index in [0.29, 0.717) is 23.5 Å². The summed E-state index contributed by atoms with van der Waals surface area (Å²) in [6.45, 7) is 4.75. The lowest BCUT2D eigenvalue weighted by Crippen LogP contribution is -2.30. The van der Waals surface area contributed by atoms with E-state index in [1.165, 1.54) is 5.56 Å². The summed E-state index contributed by atoms with van der Waals surface area (Å²) < 4.78 is 13.0. The number of nitrogens with zero attached hydrogens (tertiary/aromatic N) is 5. The first kappa shape index (κ1) is 17.9. The van der Waals surface area contributed by atoms with Gasteiger partial charge in [-0.25, -0.2) is 4.68 Å². The van der Waals surface area contributed by atoms with Gasteiger partial charge in [-0.2, -0.15) is 4.98 Å². The predicted molar refractivity (Wildman–Crippen MR) is 101 cm³/mol. The topological polar surface area (TPSA) is 90.9 Å². The molecule has 1 fully saturated rings. The van der Waals surface area contributed by atoms with Crippen molar-refractivity contribution in [3.05, 3.63) is 29.5 Å². The molecule has 0 bridgehead atoms.